The Labute approximate surface area is 133 Å². The molecule has 120 valence electrons. The monoisotopic (exact) mass is 314 g/mol. The zero-order valence-electron chi connectivity index (χ0n) is 13.0. The van der Waals surface area contributed by atoms with Gasteiger partial charge in [-0.15, -0.1) is 0 Å². The molecule has 2 aromatic heterocycles. The van der Waals surface area contributed by atoms with Crippen LogP contribution in [0.1, 0.15) is 17.9 Å². The maximum absolute atomic E-state index is 12.4. The van der Waals surface area contributed by atoms with Crippen LogP contribution in [0.3, 0.4) is 0 Å². The van der Waals surface area contributed by atoms with Crippen molar-refractivity contribution < 1.29 is 14.0 Å². The molecule has 1 atom stereocenters. The molecule has 0 saturated carbocycles. The third-order valence-corrected chi connectivity index (χ3v) is 3.69. The van der Waals surface area contributed by atoms with Gasteiger partial charge in [-0.3, -0.25) is 14.3 Å². The average molecular weight is 314 g/mol. The third-order valence-electron chi connectivity index (χ3n) is 3.69. The zero-order chi connectivity index (χ0) is 16.4. The number of hydrogen-bond donors (Lipinski definition) is 1. The number of anilines is 1. The lowest BCUT2D eigenvalue weighted by Gasteiger charge is -2.14. The summed E-state index contributed by atoms with van der Waals surface area (Å²) in [6.07, 6.45) is 6.95. The van der Waals surface area contributed by atoms with E-state index in [4.69, 9.17) is 4.42 Å². The number of hydrogen-bond acceptors (Lipinski definition) is 4. The summed E-state index contributed by atoms with van der Waals surface area (Å²) < 4.78 is 6.99. The number of carbonyl (C=O) groups excluding carboxylic acids is 2. The maximum Gasteiger partial charge on any atom is 0.249 e. The minimum Gasteiger partial charge on any atom is -0.462 e. The molecular formula is C16H18N4O3. The Morgan fingerprint density at radius 3 is 2.96 bits per heavy atom. The van der Waals surface area contributed by atoms with Crippen LogP contribution in [0.25, 0.3) is 6.08 Å². The highest BCUT2D eigenvalue weighted by molar-refractivity contribution is 6.02. The number of rotatable bonds is 4. The second-order valence-electron chi connectivity index (χ2n) is 5.49. The lowest BCUT2D eigenvalue weighted by molar-refractivity contribution is -0.123. The first kappa shape index (κ1) is 15.1. The number of furan rings is 1. The molecule has 2 aromatic rings. The van der Waals surface area contributed by atoms with Crippen LogP contribution in [0.15, 0.2) is 35.0 Å². The van der Waals surface area contributed by atoms with Crippen LogP contribution in [0.4, 0.5) is 5.69 Å². The Morgan fingerprint density at radius 2 is 2.30 bits per heavy atom. The molecule has 0 bridgehead atoms. The van der Waals surface area contributed by atoms with Crippen molar-refractivity contribution in [3.8, 4) is 0 Å². The highest BCUT2D eigenvalue weighted by Gasteiger charge is 2.33. The van der Waals surface area contributed by atoms with Crippen LogP contribution >= 0.6 is 0 Å². The van der Waals surface area contributed by atoms with E-state index in [2.05, 4.69) is 10.4 Å². The van der Waals surface area contributed by atoms with E-state index in [1.54, 1.807) is 41.2 Å². The van der Waals surface area contributed by atoms with E-state index in [9.17, 15) is 9.59 Å². The van der Waals surface area contributed by atoms with Gasteiger partial charge in [0.05, 0.1) is 11.9 Å². The molecule has 7 nitrogen and oxygen atoms in total. The highest BCUT2D eigenvalue weighted by atomic mass is 16.3. The molecule has 0 spiro atoms. The molecule has 3 heterocycles. The fraction of sp³-hybridized carbons (Fsp3) is 0.312. The topological polar surface area (TPSA) is 80.4 Å². The second kappa shape index (κ2) is 6.12. The molecule has 3 rings (SSSR count). The van der Waals surface area contributed by atoms with Gasteiger partial charge in [0.25, 0.3) is 0 Å². The molecule has 0 unspecified atom stereocenters. The van der Waals surface area contributed by atoms with Gasteiger partial charge in [-0.05, 0) is 31.6 Å². The standard InChI is InChI=1S/C16H18N4O3/c1-11-3-4-13(23-11)5-6-15(21)18-14-7-8-20(16(14)22)12-9-17-19(2)10-12/h3-6,9-10,14H,7-8H2,1-2H3,(H,18,21)/b6-5+/t14-/m0/s1. The molecule has 0 radical (unpaired) electrons. The van der Waals surface area contributed by atoms with E-state index in [-0.39, 0.29) is 11.8 Å². The van der Waals surface area contributed by atoms with Gasteiger partial charge in [-0.25, -0.2) is 0 Å². The van der Waals surface area contributed by atoms with E-state index in [1.807, 2.05) is 13.0 Å². The number of aromatic nitrogens is 2. The molecular weight excluding hydrogens is 296 g/mol. The van der Waals surface area contributed by atoms with Gasteiger partial charge in [-0.2, -0.15) is 5.10 Å². The molecule has 1 fully saturated rings. The first-order valence-electron chi connectivity index (χ1n) is 7.38. The van der Waals surface area contributed by atoms with Crippen molar-refractivity contribution in [1.82, 2.24) is 15.1 Å². The van der Waals surface area contributed by atoms with Crippen LogP contribution < -0.4 is 10.2 Å². The largest absolute Gasteiger partial charge is 0.462 e. The lowest BCUT2D eigenvalue weighted by Crippen LogP contribution is -2.40. The Kier molecular flexibility index (Phi) is 4.01. The quantitative estimate of drug-likeness (QED) is 0.862. The maximum atomic E-state index is 12.4. The number of carbonyl (C=O) groups is 2. The minimum atomic E-state index is -0.509. The van der Waals surface area contributed by atoms with Crippen molar-refractivity contribution in [1.29, 1.82) is 0 Å². The van der Waals surface area contributed by atoms with Crippen molar-refractivity contribution in [2.75, 3.05) is 11.4 Å². The summed E-state index contributed by atoms with van der Waals surface area (Å²) in [5, 5.41) is 6.79. The van der Waals surface area contributed by atoms with Crippen molar-refractivity contribution in [2.45, 2.75) is 19.4 Å². The number of nitrogens with one attached hydrogen (secondary N) is 1. The second-order valence-corrected chi connectivity index (χ2v) is 5.49. The summed E-state index contributed by atoms with van der Waals surface area (Å²) >= 11 is 0. The van der Waals surface area contributed by atoms with E-state index in [1.165, 1.54) is 6.08 Å². The normalized spacial score (nSPS) is 18.1. The average Bonchev–Trinajstić information content (AvgIpc) is 3.20. The van der Waals surface area contributed by atoms with Gasteiger partial charge in [0.15, 0.2) is 0 Å². The minimum absolute atomic E-state index is 0.117. The van der Waals surface area contributed by atoms with E-state index in [0.717, 1.165) is 11.4 Å². The van der Waals surface area contributed by atoms with Crippen molar-refractivity contribution in [3.05, 3.63) is 42.1 Å². The zero-order valence-corrected chi connectivity index (χ0v) is 13.0. The number of nitrogens with zero attached hydrogens (tertiary/aromatic N) is 3. The summed E-state index contributed by atoms with van der Waals surface area (Å²) in [7, 11) is 1.80. The van der Waals surface area contributed by atoms with Crippen LogP contribution in [0.5, 0.6) is 0 Å². The summed E-state index contributed by atoms with van der Waals surface area (Å²) in [5.41, 5.74) is 0.746. The summed E-state index contributed by atoms with van der Waals surface area (Å²) in [6.45, 7) is 2.40. The lowest BCUT2D eigenvalue weighted by atomic mass is 10.2. The Hall–Kier alpha value is -2.83. The van der Waals surface area contributed by atoms with E-state index < -0.39 is 6.04 Å². The predicted molar refractivity (Wildman–Crippen MR) is 84.6 cm³/mol. The van der Waals surface area contributed by atoms with Crippen LogP contribution in [-0.4, -0.2) is 34.2 Å². The Morgan fingerprint density at radius 1 is 1.48 bits per heavy atom. The number of amides is 2. The van der Waals surface area contributed by atoms with Crippen molar-refractivity contribution in [2.24, 2.45) is 7.05 Å². The van der Waals surface area contributed by atoms with Gasteiger partial charge in [-0.1, -0.05) is 0 Å². The molecule has 2 amide bonds. The molecule has 0 aliphatic carbocycles. The molecule has 1 N–H and O–H groups in total. The van der Waals surface area contributed by atoms with E-state index >= 15 is 0 Å². The van der Waals surface area contributed by atoms with Crippen LogP contribution in [-0.2, 0) is 16.6 Å². The smallest absolute Gasteiger partial charge is 0.249 e. The SMILES string of the molecule is Cc1ccc(/C=C/C(=O)N[C@H]2CCN(c3cnn(C)c3)C2=O)o1. The summed E-state index contributed by atoms with van der Waals surface area (Å²) in [4.78, 5) is 25.9. The summed E-state index contributed by atoms with van der Waals surface area (Å²) in [5.74, 6) is 0.953. The third kappa shape index (κ3) is 3.33. The van der Waals surface area contributed by atoms with Crippen molar-refractivity contribution in [3.63, 3.8) is 0 Å². The molecule has 1 aliphatic rings. The molecule has 1 aliphatic heterocycles. The van der Waals surface area contributed by atoms with Gasteiger partial charge < -0.3 is 14.6 Å². The Balaban J connectivity index is 1.59. The highest BCUT2D eigenvalue weighted by Crippen LogP contribution is 2.20. The predicted octanol–water partition coefficient (Wildman–Crippen LogP) is 1.26. The fourth-order valence-corrected chi connectivity index (χ4v) is 2.54. The molecule has 1 saturated heterocycles. The van der Waals surface area contributed by atoms with Crippen molar-refractivity contribution >= 4 is 23.6 Å². The molecule has 7 heteroatoms. The van der Waals surface area contributed by atoms with Gasteiger partial charge in [0.2, 0.25) is 11.8 Å². The van der Waals surface area contributed by atoms with Crippen LogP contribution in [0.2, 0.25) is 0 Å². The van der Waals surface area contributed by atoms with E-state index in [0.29, 0.717) is 18.7 Å². The fourth-order valence-electron chi connectivity index (χ4n) is 2.54. The molecule has 23 heavy (non-hydrogen) atoms. The summed E-state index contributed by atoms with van der Waals surface area (Å²) in [6, 6.07) is 3.10. The van der Waals surface area contributed by atoms with Gasteiger partial charge >= 0.3 is 0 Å². The Bertz CT molecular complexity index is 759. The number of aryl methyl sites for hydroxylation is 2. The first-order chi connectivity index (χ1) is 11.0. The van der Waals surface area contributed by atoms with Gasteiger partial charge in [0.1, 0.15) is 17.6 Å². The first-order valence-corrected chi connectivity index (χ1v) is 7.38. The van der Waals surface area contributed by atoms with Crippen LogP contribution in [0, 0.1) is 6.92 Å². The van der Waals surface area contributed by atoms with Gasteiger partial charge in [0, 0.05) is 25.9 Å². The molecule has 0 aromatic carbocycles.